The van der Waals surface area contributed by atoms with Crippen LogP contribution >= 0.6 is 11.3 Å². The average Bonchev–Trinajstić information content (AvgIpc) is 3.58. The fraction of sp³-hybridized carbons (Fsp3) is 0.542. The van der Waals surface area contributed by atoms with Gasteiger partial charge in [-0.3, -0.25) is 9.69 Å². The normalized spacial score (nSPS) is 28.7. The Morgan fingerprint density at radius 2 is 2.11 bits per heavy atom. The Morgan fingerprint density at radius 3 is 2.86 bits per heavy atom. The van der Waals surface area contributed by atoms with Gasteiger partial charge in [-0.25, -0.2) is 4.39 Å². The fourth-order valence-corrected chi connectivity index (χ4v) is 7.07. The van der Waals surface area contributed by atoms with Crippen molar-refractivity contribution in [2.45, 2.75) is 75.0 Å². The highest BCUT2D eigenvalue weighted by atomic mass is 32.1. The molecule has 36 heavy (non-hydrogen) atoms. The first-order valence-electron chi connectivity index (χ1n) is 12.0. The van der Waals surface area contributed by atoms with Gasteiger partial charge in [-0.2, -0.15) is 18.2 Å². The summed E-state index contributed by atoms with van der Waals surface area (Å²) in [5, 5.41) is 10.4. The van der Waals surface area contributed by atoms with E-state index in [9.17, 15) is 18.0 Å². The zero-order valence-electron chi connectivity index (χ0n) is 19.4. The molecule has 0 aliphatic carbocycles. The highest BCUT2D eigenvalue weighted by Gasteiger charge is 2.46. The number of piperidine rings is 1. The number of halogens is 4. The van der Waals surface area contributed by atoms with E-state index in [4.69, 9.17) is 4.52 Å². The van der Waals surface area contributed by atoms with Crippen LogP contribution in [0.1, 0.15) is 49.6 Å². The van der Waals surface area contributed by atoms with Crippen LogP contribution in [0, 0.1) is 0 Å². The summed E-state index contributed by atoms with van der Waals surface area (Å²) in [6.45, 7) is 0. The topological polar surface area (TPSA) is 83.3 Å². The number of hydrogen-bond acceptors (Lipinski definition) is 7. The number of alkyl halides is 4. The quantitative estimate of drug-likeness (QED) is 0.459. The summed E-state index contributed by atoms with van der Waals surface area (Å²) in [5.74, 6) is 0.0912. The van der Waals surface area contributed by atoms with Gasteiger partial charge in [0.2, 0.25) is 17.6 Å². The van der Waals surface area contributed by atoms with E-state index in [0.717, 1.165) is 24.2 Å². The summed E-state index contributed by atoms with van der Waals surface area (Å²) in [6.07, 6.45) is -3.46. The monoisotopic (exact) mass is 523 g/mol. The van der Waals surface area contributed by atoms with Crippen LogP contribution in [0.3, 0.4) is 0 Å². The van der Waals surface area contributed by atoms with E-state index >= 15 is 4.39 Å². The van der Waals surface area contributed by atoms with Crippen molar-refractivity contribution in [2.24, 2.45) is 0 Å². The van der Waals surface area contributed by atoms with Crippen LogP contribution in [0.5, 0.6) is 0 Å². The van der Waals surface area contributed by atoms with E-state index in [0.29, 0.717) is 41.1 Å². The van der Waals surface area contributed by atoms with E-state index in [-0.39, 0.29) is 34.1 Å². The predicted octanol–water partition coefficient (Wildman–Crippen LogP) is 4.99. The number of nitrogens with zero attached hydrogens (tertiary/aromatic N) is 3. The molecular formula is C24H25F4N5O2S. The molecule has 3 aromatic rings. The molecule has 0 spiro atoms. The summed E-state index contributed by atoms with van der Waals surface area (Å²) in [4.78, 5) is 18.3. The number of thiophene rings is 1. The number of hydrogen-bond donors (Lipinski definition) is 2. The molecule has 5 atom stereocenters. The second-order valence-electron chi connectivity index (χ2n) is 9.89. The molecule has 3 fully saturated rings. The second kappa shape index (κ2) is 8.69. The third kappa shape index (κ3) is 4.13. The molecule has 1 aromatic carbocycles. The maximum atomic E-state index is 15.3. The van der Waals surface area contributed by atoms with E-state index < -0.39 is 30.9 Å². The molecule has 12 heteroatoms. The maximum Gasteiger partial charge on any atom is 0.393 e. The van der Waals surface area contributed by atoms with E-state index in [1.165, 1.54) is 0 Å². The number of rotatable bonds is 5. The van der Waals surface area contributed by atoms with Gasteiger partial charge in [-0.05, 0) is 49.7 Å². The van der Waals surface area contributed by atoms with Crippen LogP contribution in [0.25, 0.3) is 20.8 Å². The van der Waals surface area contributed by atoms with Crippen molar-refractivity contribution < 1.29 is 26.9 Å². The molecule has 2 bridgehead atoms. The molecule has 7 nitrogen and oxygen atoms in total. The number of carbonyl (C=O) groups is 1. The molecule has 3 aliphatic heterocycles. The Morgan fingerprint density at radius 1 is 1.28 bits per heavy atom. The van der Waals surface area contributed by atoms with E-state index in [1.54, 1.807) is 18.2 Å². The zero-order chi connectivity index (χ0) is 25.2. The summed E-state index contributed by atoms with van der Waals surface area (Å²) in [5.41, 5.74) is 0.671. The van der Waals surface area contributed by atoms with Gasteiger partial charge in [0, 0.05) is 18.5 Å². The Hall–Kier alpha value is -2.73. The molecule has 192 valence electrons. The first kappa shape index (κ1) is 23.7. The maximum absolute atomic E-state index is 15.3. The minimum absolute atomic E-state index is 0.0539. The fourth-order valence-electron chi connectivity index (χ4n) is 5.85. The molecule has 2 N–H and O–H groups in total. The smallest absolute Gasteiger partial charge is 0.378 e. The number of carbonyl (C=O) groups excluding carboxylic acids is 1. The van der Waals surface area contributed by atoms with Crippen molar-refractivity contribution in [3.05, 3.63) is 29.7 Å². The van der Waals surface area contributed by atoms with Crippen molar-refractivity contribution in [1.29, 1.82) is 0 Å². The largest absolute Gasteiger partial charge is 0.393 e. The lowest BCUT2D eigenvalue weighted by atomic mass is 9.95. The van der Waals surface area contributed by atoms with Crippen LogP contribution in [0.15, 0.2) is 22.7 Å². The highest BCUT2D eigenvalue weighted by Crippen LogP contribution is 2.45. The predicted molar refractivity (Wildman–Crippen MR) is 126 cm³/mol. The third-order valence-electron chi connectivity index (χ3n) is 7.65. The first-order chi connectivity index (χ1) is 17.2. The first-order valence-corrected chi connectivity index (χ1v) is 12.9. The van der Waals surface area contributed by atoms with Gasteiger partial charge in [-0.15, -0.1) is 11.3 Å². The van der Waals surface area contributed by atoms with E-state index in [2.05, 4.69) is 25.7 Å². The van der Waals surface area contributed by atoms with Gasteiger partial charge in [0.15, 0.2) is 0 Å². The van der Waals surface area contributed by atoms with Gasteiger partial charge in [0.25, 0.3) is 0 Å². The average molecular weight is 524 g/mol. The Balaban J connectivity index is 1.38. The molecule has 3 saturated heterocycles. The van der Waals surface area contributed by atoms with Crippen LogP contribution in [0.4, 0.5) is 23.2 Å². The Bertz CT molecular complexity index is 1310. The highest BCUT2D eigenvalue weighted by molar-refractivity contribution is 7.23. The van der Waals surface area contributed by atoms with Gasteiger partial charge in [0.1, 0.15) is 12.2 Å². The number of amides is 1. The zero-order valence-corrected chi connectivity index (χ0v) is 20.3. The Labute approximate surface area is 208 Å². The van der Waals surface area contributed by atoms with Crippen LogP contribution in [0.2, 0.25) is 0 Å². The van der Waals surface area contributed by atoms with Crippen molar-refractivity contribution in [3.8, 4) is 10.7 Å². The van der Waals surface area contributed by atoms with Crippen molar-refractivity contribution in [1.82, 2.24) is 20.4 Å². The van der Waals surface area contributed by atoms with Gasteiger partial charge < -0.3 is 15.2 Å². The summed E-state index contributed by atoms with van der Waals surface area (Å²) in [6, 6.07) is 4.41. The Kier molecular flexibility index (Phi) is 5.71. The molecule has 3 aliphatic rings. The lowest BCUT2D eigenvalue weighted by Crippen LogP contribution is -2.53. The number of fused-ring (bicyclic) bond motifs is 3. The molecular weight excluding hydrogens is 498 g/mol. The molecule has 0 saturated carbocycles. The van der Waals surface area contributed by atoms with Gasteiger partial charge in [0.05, 0.1) is 27.7 Å². The van der Waals surface area contributed by atoms with Crippen LogP contribution < -0.4 is 10.6 Å². The number of nitrogens with one attached hydrogen (secondary N) is 2. The molecule has 5 heterocycles. The van der Waals surface area contributed by atoms with Gasteiger partial charge in [-0.1, -0.05) is 17.3 Å². The van der Waals surface area contributed by atoms with E-state index in [1.807, 2.05) is 7.05 Å². The molecule has 1 amide bonds. The molecule has 6 rings (SSSR count). The third-order valence-corrected chi connectivity index (χ3v) is 8.92. The number of benzene rings is 1. The second-order valence-corrected chi connectivity index (χ2v) is 10.9. The lowest BCUT2D eigenvalue weighted by molar-refractivity contribution is -0.126. The SMILES string of the molecule is CN1[C@@H]2CC[C@H]1[C@H](F)[C@H](Nc1cccc3c(CC(F)(F)F)c(-c4noc([C@H]5CCC(=O)N5)n4)sc13)C2. The summed E-state index contributed by atoms with van der Waals surface area (Å²) in [7, 11) is 1.96. The number of aromatic nitrogens is 2. The minimum atomic E-state index is -4.45. The summed E-state index contributed by atoms with van der Waals surface area (Å²) >= 11 is 1.14. The standard InChI is InChI=1S/C24H25F4N5O2S/c1-33-11-5-7-17(33)19(25)16(9-11)29-14-4-2-3-12-13(10-24(26,27)28)21(36-20(12)14)22-31-23(35-32-22)15-6-8-18(34)30-15/h2-4,11,15-17,19,29H,5-10H2,1H3,(H,30,34)/t11-,15-,16-,17+,19-/m1/s1. The summed E-state index contributed by atoms with van der Waals surface area (Å²) < 4.78 is 62.1. The lowest BCUT2D eigenvalue weighted by Gasteiger charge is -2.39. The molecule has 0 unspecified atom stereocenters. The van der Waals surface area contributed by atoms with Crippen LogP contribution in [-0.4, -0.2) is 58.5 Å². The van der Waals surface area contributed by atoms with Crippen molar-refractivity contribution in [2.75, 3.05) is 12.4 Å². The molecule has 2 aromatic heterocycles. The van der Waals surface area contributed by atoms with Gasteiger partial charge >= 0.3 is 6.18 Å². The van der Waals surface area contributed by atoms with Crippen molar-refractivity contribution in [3.63, 3.8) is 0 Å². The number of anilines is 1. The van der Waals surface area contributed by atoms with Crippen molar-refractivity contribution >= 4 is 33.0 Å². The van der Waals surface area contributed by atoms with Crippen LogP contribution in [-0.2, 0) is 11.2 Å². The minimum Gasteiger partial charge on any atom is -0.378 e. The molecule has 0 radical (unpaired) electrons.